The number of halogens is 1. The molecule has 0 aliphatic rings. The highest BCUT2D eigenvalue weighted by Crippen LogP contribution is 2.23. The summed E-state index contributed by atoms with van der Waals surface area (Å²) in [4.78, 5) is 15.2. The molecule has 0 bridgehead atoms. The van der Waals surface area contributed by atoms with Gasteiger partial charge in [0.1, 0.15) is 6.54 Å². The first kappa shape index (κ1) is 13.9. The molecular formula is C14H11ClN4OS. The summed E-state index contributed by atoms with van der Waals surface area (Å²) in [6.07, 6.45) is 0. The summed E-state index contributed by atoms with van der Waals surface area (Å²) in [5, 5.41) is 12.6. The zero-order valence-electron chi connectivity index (χ0n) is 11.2. The Bertz CT molecular complexity index is 796. The van der Waals surface area contributed by atoms with Crippen LogP contribution in [0.1, 0.15) is 14.5 Å². The maximum Gasteiger partial charge on any atom is 0.206 e. The van der Waals surface area contributed by atoms with Crippen molar-refractivity contribution in [2.75, 3.05) is 0 Å². The summed E-state index contributed by atoms with van der Waals surface area (Å²) in [6.45, 7) is 2.03. The molecular weight excluding hydrogens is 308 g/mol. The number of Topliss-reactive ketones (excluding diaryl/α,β-unsaturated/α-hetero) is 1. The largest absolute Gasteiger partial charge is 0.291 e. The first-order chi connectivity index (χ1) is 10.1. The Hall–Kier alpha value is -2.05. The third-order valence-corrected chi connectivity index (χ3v) is 4.24. The molecule has 0 atom stereocenters. The molecule has 106 valence electrons. The van der Waals surface area contributed by atoms with Gasteiger partial charge in [-0.1, -0.05) is 23.7 Å². The number of aromatic nitrogens is 4. The molecule has 1 aromatic carbocycles. The Morgan fingerprint density at radius 2 is 2.10 bits per heavy atom. The molecule has 0 saturated carbocycles. The maximum absolute atomic E-state index is 12.1. The van der Waals surface area contributed by atoms with Crippen LogP contribution in [-0.2, 0) is 6.54 Å². The second kappa shape index (κ2) is 5.75. The monoisotopic (exact) mass is 318 g/mol. The first-order valence-corrected chi connectivity index (χ1v) is 7.45. The van der Waals surface area contributed by atoms with E-state index in [-0.39, 0.29) is 12.3 Å². The molecule has 0 fully saturated rings. The molecule has 3 rings (SSSR count). The normalized spacial score (nSPS) is 10.8. The van der Waals surface area contributed by atoms with Gasteiger partial charge in [-0.25, -0.2) is 0 Å². The van der Waals surface area contributed by atoms with Crippen LogP contribution in [0.5, 0.6) is 0 Å². The van der Waals surface area contributed by atoms with Crippen molar-refractivity contribution in [1.82, 2.24) is 20.2 Å². The van der Waals surface area contributed by atoms with Crippen LogP contribution in [0.2, 0.25) is 5.02 Å². The van der Waals surface area contributed by atoms with Gasteiger partial charge in [0.2, 0.25) is 5.82 Å². The van der Waals surface area contributed by atoms with E-state index in [0.717, 1.165) is 4.88 Å². The Labute approximate surface area is 130 Å². The van der Waals surface area contributed by atoms with E-state index in [1.807, 2.05) is 37.3 Å². The lowest BCUT2D eigenvalue weighted by atomic mass is 10.2. The zero-order valence-corrected chi connectivity index (χ0v) is 12.7. The van der Waals surface area contributed by atoms with Gasteiger partial charge in [0.25, 0.3) is 0 Å². The van der Waals surface area contributed by atoms with Crippen LogP contribution in [0.3, 0.4) is 0 Å². The second-order valence-corrected chi connectivity index (χ2v) is 6.15. The number of tetrazole rings is 1. The number of carbonyl (C=O) groups excluding carboxylic acids is 1. The molecule has 5 nitrogen and oxygen atoms in total. The average molecular weight is 319 g/mol. The average Bonchev–Trinajstić information content (AvgIpc) is 3.08. The third kappa shape index (κ3) is 3.01. The van der Waals surface area contributed by atoms with Crippen LogP contribution in [0.25, 0.3) is 11.4 Å². The summed E-state index contributed by atoms with van der Waals surface area (Å²) in [5.74, 6) is 0.381. The van der Waals surface area contributed by atoms with Crippen molar-refractivity contribution in [3.8, 4) is 11.4 Å². The second-order valence-electron chi connectivity index (χ2n) is 4.46. The van der Waals surface area contributed by atoms with Crippen molar-refractivity contribution in [3.05, 3.63) is 51.2 Å². The fourth-order valence-corrected chi connectivity index (χ4v) is 2.87. The minimum Gasteiger partial charge on any atom is -0.291 e. The summed E-state index contributed by atoms with van der Waals surface area (Å²) in [7, 11) is 0. The molecule has 7 heteroatoms. The van der Waals surface area contributed by atoms with Crippen LogP contribution in [-0.4, -0.2) is 26.0 Å². The van der Waals surface area contributed by atoms with Gasteiger partial charge < -0.3 is 0 Å². The number of hydrogen-bond donors (Lipinski definition) is 0. The molecule has 2 aromatic heterocycles. The lowest BCUT2D eigenvalue weighted by Crippen LogP contribution is -2.12. The Morgan fingerprint density at radius 1 is 1.29 bits per heavy atom. The van der Waals surface area contributed by atoms with E-state index in [1.165, 1.54) is 16.1 Å². The van der Waals surface area contributed by atoms with Crippen molar-refractivity contribution < 1.29 is 4.79 Å². The molecule has 3 aromatic rings. The van der Waals surface area contributed by atoms with Gasteiger partial charge in [0.15, 0.2) is 5.78 Å². The lowest BCUT2D eigenvalue weighted by molar-refractivity contribution is 0.0965. The van der Waals surface area contributed by atoms with Crippen molar-refractivity contribution in [2.24, 2.45) is 0 Å². The first-order valence-electron chi connectivity index (χ1n) is 6.26. The molecule has 0 aliphatic carbocycles. The number of nitrogens with zero attached hydrogens (tertiary/aromatic N) is 4. The lowest BCUT2D eigenvalue weighted by Gasteiger charge is -1.97. The minimum atomic E-state index is -0.0313. The van der Waals surface area contributed by atoms with E-state index >= 15 is 0 Å². The molecule has 21 heavy (non-hydrogen) atoms. The Kier molecular flexibility index (Phi) is 3.81. The number of carbonyl (C=O) groups is 1. The topological polar surface area (TPSA) is 60.7 Å². The van der Waals surface area contributed by atoms with Gasteiger partial charge in [0.05, 0.1) is 9.90 Å². The molecule has 0 N–H and O–H groups in total. The van der Waals surface area contributed by atoms with E-state index in [9.17, 15) is 4.79 Å². The van der Waals surface area contributed by atoms with Crippen LogP contribution in [0, 0.1) is 6.92 Å². The third-order valence-electron chi connectivity index (χ3n) is 2.87. The van der Waals surface area contributed by atoms with E-state index in [4.69, 9.17) is 11.6 Å². The quantitative estimate of drug-likeness (QED) is 0.693. The van der Waals surface area contributed by atoms with Crippen molar-refractivity contribution >= 4 is 28.7 Å². The number of aryl methyl sites for hydroxylation is 1. The SMILES string of the molecule is Cc1ccc(C(=O)Cn2nnc(-c3ccccc3Cl)n2)s1. The van der Waals surface area contributed by atoms with Crippen molar-refractivity contribution in [2.45, 2.75) is 13.5 Å². The van der Waals surface area contributed by atoms with Crippen LogP contribution in [0.4, 0.5) is 0 Å². The predicted molar refractivity (Wildman–Crippen MR) is 81.6 cm³/mol. The molecule has 0 aliphatic heterocycles. The van der Waals surface area contributed by atoms with Crippen LogP contribution >= 0.6 is 22.9 Å². The standard InChI is InChI=1S/C14H11ClN4OS/c1-9-6-7-13(21-9)12(20)8-19-17-14(16-18-19)10-4-2-3-5-11(10)15/h2-7H,8H2,1H3. The Morgan fingerprint density at radius 3 is 2.81 bits per heavy atom. The van der Waals surface area contributed by atoms with Gasteiger partial charge in [0, 0.05) is 10.4 Å². The molecule has 0 amide bonds. The molecule has 0 saturated heterocycles. The van der Waals surface area contributed by atoms with E-state index < -0.39 is 0 Å². The minimum absolute atomic E-state index is 0.0313. The van der Waals surface area contributed by atoms with E-state index in [2.05, 4.69) is 15.4 Å². The summed E-state index contributed by atoms with van der Waals surface area (Å²) in [5.41, 5.74) is 0.699. The number of thiophene rings is 1. The fraction of sp³-hybridized carbons (Fsp3) is 0.143. The molecule has 0 radical (unpaired) electrons. The van der Waals surface area contributed by atoms with Crippen LogP contribution < -0.4 is 0 Å². The molecule has 0 spiro atoms. The highest BCUT2D eigenvalue weighted by atomic mass is 35.5. The fourth-order valence-electron chi connectivity index (χ4n) is 1.85. The van der Waals surface area contributed by atoms with Gasteiger partial charge in [-0.15, -0.1) is 21.5 Å². The summed E-state index contributed by atoms with van der Waals surface area (Å²) < 4.78 is 0. The van der Waals surface area contributed by atoms with Gasteiger partial charge in [-0.3, -0.25) is 4.79 Å². The number of benzene rings is 1. The highest BCUT2D eigenvalue weighted by Gasteiger charge is 2.13. The smallest absolute Gasteiger partial charge is 0.206 e. The highest BCUT2D eigenvalue weighted by molar-refractivity contribution is 7.14. The van der Waals surface area contributed by atoms with E-state index in [1.54, 1.807) is 6.07 Å². The van der Waals surface area contributed by atoms with Crippen molar-refractivity contribution in [1.29, 1.82) is 0 Å². The van der Waals surface area contributed by atoms with Gasteiger partial charge >= 0.3 is 0 Å². The summed E-state index contributed by atoms with van der Waals surface area (Å²) >= 11 is 7.55. The zero-order chi connectivity index (χ0) is 14.8. The number of rotatable bonds is 4. The number of hydrogen-bond acceptors (Lipinski definition) is 5. The molecule has 2 heterocycles. The van der Waals surface area contributed by atoms with Crippen molar-refractivity contribution in [3.63, 3.8) is 0 Å². The van der Waals surface area contributed by atoms with E-state index in [0.29, 0.717) is 21.3 Å². The maximum atomic E-state index is 12.1. The Balaban J connectivity index is 1.80. The van der Waals surface area contributed by atoms with Gasteiger partial charge in [-0.05, 0) is 36.4 Å². The summed E-state index contributed by atoms with van der Waals surface area (Å²) in [6, 6.07) is 11.0. The van der Waals surface area contributed by atoms with Crippen LogP contribution in [0.15, 0.2) is 36.4 Å². The van der Waals surface area contributed by atoms with Gasteiger partial charge in [-0.2, -0.15) is 4.80 Å². The predicted octanol–water partition coefficient (Wildman–Crippen LogP) is 3.25. The molecule has 0 unspecified atom stereocenters. The number of ketones is 1.